The maximum Gasteiger partial charge on any atom is 0.148 e. The molecule has 1 radical (unpaired) electrons. The molecular formula is C36H30O3PY-. The number of benzene rings is 5. The second-order valence-electron chi connectivity index (χ2n) is 9.32. The Morgan fingerprint density at radius 3 is 1.29 bits per heavy atom. The number of hydrogen-bond donors (Lipinski definition) is 0. The molecule has 5 aromatic carbocycles. The van der Waals surface area contributed by atoms with Crippen molar-refractivity contribution in [2.75, 3.05) is 0 Å². The molecule has 3 nitrogen and oxygen atoms in total. The minimum absolute atomic E-state index is 0. The molecule has 0 saturated heterocycles. The van der Waals surface area contributed by atoms with Gasteiger partial charge in [-0.15, -0.1) is 0 Å². The zero-order valence-corrected chi connectivity index (χ0v) is 26.5. The Bertz CT molecular complexity index is 1510. The molecule has 0 spiro atoms. The molecule has 0 aliphatic carbocycles. The van der Waals surface area contributed by atoms with E-state index in [1.165, 1.54) is 0 Å². The monoisotopic (exact) mass is 630 g/mol. The van der Waals surface area contributed by atoms with Crippen LogP contribution < -0.4 is 25.4 Å². The first kappa shape index (κ1) is 30.5. The van der Waals surface area contributed by atoms with E-state index in [0.717, 1.165) is 49.7 Å². The first-order valence-corrected chi connectivity index (χ1v) is 14.8. The third-order valence-electron chi connectivity index (χ3n) is 6.71. The minimum Gasteiger partial charge on any atom is -0.489 e. The van der Waals surface area contributed by atoms with E-state index in [1.807, 2.05) is 121 Å². The first-order valence-electron chi connectivity index (χ1n) is 13.0. The van der Waals surface area contributed by atoms with Gasteiger partial charge in [-0.3, -0.25) is 0 Å². The van der Waals surface area contributed by atoms with Crippen molar-refractivity contribution in [3.8, 4) is 11.5 Å². The smallest absolute Gasteiger partial charge is 0.148 e. The van der Waals surface area contributed by atoms with Gasteiger partial charge >= 0.3 is 0 Å². The van der Waals surface area contributed by atoms with Crippen LogP contribution in [0.5, 0.6) is 11.5 Å². The molecule has 0 amide bonds. The molecule has 0 unspecified atom stereocenters. The molecular weight excluding hydrogens is 600 g/mol. The Morgan fingerprint density at radius 2 is 0.927 bits per heavy atom. The fourth-order valence-electron chi connectivity index (χ4n) is 4.37. The van der Waals surface area contributed by atoms with Gasteiger partial charge in [0.25, 0.3) is 0 Å². The summed E-state index contributed by atoms with van der Waals surface area (Å²) in [6.07, 6.45) is 3.63. The van der Waals surface area contributed by atoms with Gasteiger partial charge < -0.3 is 14.0 Å². The fourth-order valence-corrected chi connectivity index (χ4v) is 6.97. The quantitative estimate of drug-likeness (QED) is 0.112. The predicted octanol–water partition coefficient (Wildman–Crippen LogP) is 7.57. The maximum absolute atomic E-state index is 14.8. The zero-order valence-electron chi connectivity index (χ0n) is 22.8. The second kappa shape index (κ2) is 14.4. The Labute approximate surface area is 267 Å². The Hall–Kier alpha value is -3.49. The summed E-state index contributed by atoms with van der Waals surface area (Å²) in [6, 6.07) is 41.6. The average molecular weight is 631 g/mol. The molecule has 0 N–H and O–H groups in total. The molecule has 5 heteroatoms. The van der Waals surface area contributed by atoms with Gasteiger partial charge in [0.1, 0.15) is 31.9 Å². The van der Waals surface area contributed by atoms with E-state index >= 15 is 0 Å². The molecule has 0 aromatic heterocycles. The summed E-state index contributed by atoms with van der Waals surface area (Å²) in [5, 5.41) is 2.22. The van der Waals surface area contributed by atoms with E-state index < -0.39 is 7.14 Å². The summed E-state index contributed by atoms with van der Waals surface area (Å²) in [7, 11) is -3.14. The summed E-state index contributed by atoms with van der Waals surface area (Å²) >= 11 is 0. The summed E-state index contributed by atoms with van der Waals surface area (Å²) in [6.45, 7) is 8.47. The van der Waals surface area contributed by atoms with Crippen molar-refractivity contribution < 1.29 is 46.7 Å². The van der Waals surface area contributed by atoms with Crippen LogP contribution in [-0.4, -0.2) is 0 Å². The molecule has 0 saturated carbocycles. The van der Waals surface area contributed by atoms with E-state index in [2.05, 4.69) is 19.2 Å². The standard InChI is InChI=1S/C36H30O3P.Y/c1-3-28-10-14-30(15-11-28)26-38-32-18-22-35(23-19-32)40(37,34-8-6-5-7-9-34)36-24-20-33(21-25-36)39-27-31-16-12-29(4-2)13-17-31;/h3-4,6-25H,1-2,26-27H2;/q-1;. The Balaban J connectivity index is 0.00000387. The molecule has 0 aliphatic heterocycles. The van der Waals surface area contributed by atoms with Crippen molar-refractivity contribution in [2.45, 2.75) is 13.2 Å². The first-order chi connectivity index (χ1) is 19.6. The van der Waals surface area contributed by atoms with Crippen LogP contribution in [0.1, 0.15) is 22.3 Å². The minimum atomic E-state index is -3.14. The molecule has 0 atom stereocenters. The van der Waals surface area contributed by atoms with Crippen LogP contribution in [0.25, 0.3) is 12.2 Å². The average Bonchev–Trinajstić information content (AvgIpc) is 3.04. The van der Waals surface area contributed by atoms with E-state index in [9.17, 15) is 4.57 Å². The van der Waals surface area contributed by atoms with Crippen LogP contribution in [0.2, 0.25) is 0 Å². The third kappa shape index (κ3) is 7.43. The fraction of sp³-hybridized carbons (Fsp3) is 0.0556. The van der Waals surface area contributed by atoms with Crippen LogP contribution in [0.4, 0.5) is 0 Å². The third-order valence-corrected chi connectivity index (χ3v) is 9.78. The Morgan fingerprint density at radius 1 is 0.561 bits per heavy atom. The summed E-state index contributed by atoms with van der Waals surface area (Å²) in [4.78, 5) is 0. The molecule has 0 aliphatic rings. The van der Waals surface area contributed by atoms with Gasteiger partial charge in [-0.1, -0.05) is 79.1 Å². The van der Waals surface area contributed by atoms with Crippen molar-refractivity contribution in [3.05, 3.63) is 163 Å². The van der Waals surface area contributed by atoms with Crippen LogP contribution in [0.15, 0.2) is 134 Å². The molecule has 201 valence electrons. The van der Waals surface area contributed by atoms with E-state index in [1.54, 1.807) is 12.1 Å². The normalized spacial score (nSPS) is 10.7. The predicted molar refractivity (Wildman–Crippen MR) is 166 cm³/mol. The molecule has 5 rings (SSSR count). The summed E-state index contributed by atoms with van der Waals surface area (Å²) in [5.74, 6) is 1.43. The number of hydrogen-bond acceptors (Lipinski definition) is 3. The van der Waals surface area contributed by atoms with Crippen LogP contribution in [0, 0.1) is 6.07 Å². The molecule has 0 heterocycles. The van der Waals surface area contributed by atoms with Gasteiger partial charge in [0.2, 0.25) is 0 Å². The van der Waals surface area contributed by atoms with E-state index in [0.29, 0.717) is 13.2 Å². The van der Waals surface area contributed by atoms with Crippen molar-refractivity contribution in [1.82, 2.24) is 0 Å². The molecule has 0 fully saturated rings. The Kier molecular flexibility index (Phi) is 10.7. The van der Waals surface area contributed by atoms with Crippen molar-refractivity contribution in [2.24, 2.45) is 0 Å². The van der Waals surface area contributed by atoms with Gasteiger partial charge in [-0.05, 0) is 70.8 Å². The molecule has 0 bridgehead atoms. The number of rotatable bonds is 11. The SMILES string of the molecule is C=Cc1ccc(COc2ccc(P(=O)(c3cc[c-]cc3)c3ccc(OCc4ccc(C=C)cc4)cc3)cc2)cc1.[Y]. The van der Waals surface area contributed by atoms with E-state index in [4.69, 9.17) is 9.47 Å². The van der Waals surface area contributed by atoms with Gasteiger partial charge in [-0.2, -0.15) is 30.3 Å². The van der Waals surface area contributed by atoms with Crippen molar-refractivity contribution in [3.63, 3.8) is 0 Å². The molecule has 41 heavy (non-hydrogen) atoms. The largest absolute Gasteiger partial charge is 0.489 e. The van der Waals surface area contributed by atoms with Crippen molar-refractivity contribution in [1.29, 1.82) is 0 Å². The molecule has 5 aromatic rings. The summed E-state index contributed by atoms with van der Waals surface area (Å²) < 4.78 is 26.8. The van der Waals surface area contributed by atoms with Gasteiger partial charge in [0.05, 0.1) is 0 Å². The number of ether oxygens (including phenoxy) is 2. The second-order valence-corrected chi connectivity index (χ2v) is 12.1. The van der Waals surface area contributed by atoms with Crippen LogP contribution >= 0.6 is 7.14 Å². The van der Waals surface area contributed by atoms with Gasteiger partial charge in [-0.25, -0.2) is 0 Å². The van der Waals surface area contributed by atoms with Crippen LogP contribution in [0.3, 0.4) is 0 Å². The van der Waals surface area contributed by atoms with Gasteiger partial charge in [0, 0.05) is 43.3 Å². The summed E-state index contributed by atoms with van der Waals surface area (Å²) in [5.41, 5.74) is 4.27. The van der Waals surface area contributed by atoms with Crippen LogP contribution in [-0.2, 0) is 50.5 Å². The van der Waals surface area contributed by atoms with Gasteiger partial charge in [0.15, 0.2) is 0 Å². The van der Waals surface area contributed by atoms with E-state index in [-0.39, 0.29) is 32.7 Å². The zero-order chi connectivity index (χ0) is 27.8. The maximum atomic E-state index is 14.8. The van der Waals surface area contributed by atoms with Crippen molar-refractivity contribution >= 4 is 35.2 Å². The topological polar surface area (TPSA) is 35.5 Å².